The number of nitrogens with one attached hydrogen (secondary N) is 1. The number of halogens is 3. The Morgan fingerprint density at radius 3 is 2.72 bits per heavy atom. The minimum absolute atomic E-state index is 0.103. The molecule has 0 aliphatic carbocycles. The molecule has 1 aliphatic heterocycles. The van der Waals surface area contributed by atoms with Crippen LogP contribution in [0.4, 0.5) is 24.5 Å². The van der Waals surface area contributed by atoms with Gasteiger partial charge in [-0.2, -0.15) is 18.4 Å². The van der Waals surface area contributed by atoms with E-state index in [-0.39, 0.29) is 23.7 Å². The molecule has 0 atom stereocenters. The third-order valence-electron chi connectivity index (χ3n) is 4.09. The summed E-state index contributed by atoms with van der Waals surface area (Å²) in [7, 11) is 0. The zero-order valence-electron chi connectivity index (χ0n) is 13.1. The third kappa shape index (κ3) is 3.43. The van der Waals surface area contributed by atoms with Crippen LogP contribution < -0.4 is 10.2 Å². The lowest BCUT2D eigenvalue weighted by atomic mass is 10.1. The van der Waals surface area contributed by atoms with E-state index in [9.17, 15) is 18.0 Å². The molecule has 0 radical (unpaired) electrons. The van der Waals surface area contributed by atoms with Gasteiger partial charge in [0.25, 0.3) is 0 Å². The van der Waals surface area contributed by atoms with Crippen LogP contribution in [0, 0.1) is 11.3 Å². The monoisotopic (exact) mass is 345 g/mol. The molecule has 1 amide bonds. The van der Waals surface area contributed by atoms with Crippen LogP contribution in [0.25, 0.3) is 0 Å². The first-order valence-electron chi connectivity index (χ1n) is 7.63. The highest BCUT2D eigenvalue weighted by molar-refractivity contribution is 5.98. The molecule has 25 heavy (non-hydrogen) atoms. The average Bonchev–Trinajstić information content (AvgIpc) is 3.02. The molecule has 4 nitrogen and oxygen atoms in total. The first-order chi connectivity index (χ1) is 11.9. The fourth-order valence-electron chi connectivity index (χ4n) is 2.83. The molecule has 0 saturated carbocycles. The Kier molecular flexibility index (Phi) is 4.36. The Balaban J connectivity index is 1.72. The van der Waals surface area contributed by atoms with Gasteiger partial charge in [-0.25, -0.2) is 0 Å². The standard InChI is InChI=1S/C18H14F3N3O/c19-18(20,21)14-5-6-15(13(9-14)10-22)23-11-17(25)24-8-7-12-3-1-2-4-16(12)24/h1-6,9,23H,7-8,11H2. The number of fused-ring (bicyclic) bond motifs is 1. The normalized spacial score (nSPS) is 13.3. The van der Waals surface area contributed by atoms with Crippen LogP contribution in [0.3, 0.4) is 0 Å². The molecular weight excluding hydrogens is 331 g/mol. The van der Waals surface area contributed by atoms with E-state index in [4.69, 9.17) is 5.26 Å². The molecule has 1 N–H and O–H groups in total. The summed E-state index contributed by atoms with van der Waals surface area (Å²) < 4.78 is 38.1. The lowest BCUT2D eigenvalue weighted by molar-refractivity contribution is -0.137. The molecule has 0 fully saturated rings. The lowest BCUT2D eigenvalue weighted by Crippen LogP contribution is -2.34. The second-order valence-corrected chi connectivity index (χ2v) is 5.65. The maximum Gasteiger partial charge on any atom is 0.416 e. The molecule has 2 aromatic rings. The predicted octanol–water partition coefficient (Wildman–Crippen LogP) is 3.58. The van der Waals surface area contributed by atoms with Gasteiger partial charge in [0.1, 0.15) is 6.07 Å². The molecule has 0 spiro atoms. The van der Waals surface area contributed by atoms with E-state index < -0.39 is 11.7 Å². The molecule has 0 aromatic heterocycles. The Labute approximate surface area is 142 Å². The smallest absolute Gasteiger partial charge is 0.375 e. The number of amides is 1. The van der Waals surface area contributed by atoms with Gasteiger partial charge in [0.2, 0.25) is 5.91 Å². The quantitative estimate of drug-likeness (QED) is 0.925. The van der Waals surface area contributed by atoms with Crippen molar-refractivity contribution in [1.29, 1.82) is 5.26 Å². The van der Waals surface area contributed by atoms with Gasteiger partial charge in [0, 0.05) is 12.2 Å². The molecule has 0 saturated heterocycles. The zero-order chi connectivity index (χ0) is 18.0. The van der Waals surface area contributed by atoms with Crippen LogP contribution in [-0.4, -0.2) is 19.0 Å². The number of hydrogen-bond donors (Lipinski definition) is 1. The van der Waals surface area contributed by atoms with Gasteiger partial charge < -0.3 is 10.2 Å². The van der Waals surface area contributed by atoms with E-state index in [1.165, 1.54) is 6.07 Å². The number of hydrogen-bond acceptors (Lipinski definition) is 3. The van der Waals surface area contributed by atoms with E-state index >= 15 is 0 Å². The van der Waals surface area contributed by atoms with Crippen molar-refractivity contribution in [1.82, 2.24) is 0 Å². The molecule has 3 rings (SSSR count). The number of nitriles is 1. The van der Waals surface area contributed by atoms with Crippen molar-refractivity contribution in [2.24, 2.45) is 0 Å². The summed E-state index contributed by atoms with van der Waals surface area (Å²) in [6.07, 6.45) is -3.75. The largest absolute Gasteiger partial charge is 0.416 e. The minimum Gasteiger partial charge on any atom is -0.375 e. The minimum atomic E-state index is -4.51. The lowest BCUT2D eigenvalue weighted by Gasteiger charge is -2.18. The predicted molar refractivity (Wildman–Crippen MR) is 87.1 cm³/mol. The number of carbonyl (C=O) groups excluding carboxylic acids is 1. The number of carbonyl (C=O) groups is 1. The maximum atomic E-state index is 12.7. The first-order valence-corrected chi connectivity index (χ1v) is 7.63. The van der Waals surface area contributed by atoms with Gasteiger partial charge in [-0.15, -0.1) is 0 Å². The first kappa shape index (κ1) is 16.8. The molecule has 1 heterocycles. The van der Waals surface area contributed by atoms with Crippen molar-refractivity contribution in [2.75, 3.05) is 23.3 Å². The Morgan fingerprint density at radius 2 is 2.00 bits per heavy atom. The van der Waals surface area contributed by atoms with Crippen LogP contribution in [0.5, 0.6) is 0 Å². The number of anilines is 2. The van der Waals surface area contributed by atoms with Crippen LogP contribution >= 0.6 is 0 Å². The van der Waals surface area contributed by atoms with Crippen LogP contribution in [0.15, 0.2) is 42.5 Å². The number of rotatable bonds is 3. The number of nitrogens with zero attached hydrogens (tertiary/aromatic N) is 2. The van der Waals surface area contributed by atoms with Gasteiger partial charge in [0.15, 0.2) is 0 Å². The molecule has 1 aliphatic rings. The summed E-state index contributed by atoms with van der Waals surface area (Å²) in [6, 6.07) is 12.1. The van der Waals surface area contributed by atoms with Crippen molar-refractivity contribution in [3.05, 3.63) is 59.2 Å². The second kappa shape index (κ2) is 6.48. The van der Waals surface area contributed by atoms with Gasteiger partial charge in [-0.3, -0.25) is 4.79 Å². The van der Waals surface area contributed by atoms with E-state index in [1.807, 2.05) is 24.3 Å². The van der Waals surface area contributed by atoms with Crippen LogP contribution in [-0.2, 0) is 17.4 Å². The Hall–Kier alpha value is -3.01. The van der Waals surface area contributed by atoms with E-state index in [1.54, 1.807) is 11.0 Å². The van der Waals surface area contributed by atoms with Crippen molar-refractivity contribution < 1.29 is 18.0 Å². The second-order valence-electron chi connectivity index (χ2n) is 5.65. The van der Waals surface area contributed by atoms with Crippen LogP contribution in [0.1, 0.15) is 16.7 Å². The van der Waals surface area contributed by atoms with Gasteiger partial charge in [-0.05, 0) is 36.2 Å². The zero-order valence-corrected chi connectivity index (χ0v) is 13.1. The number of para-hydroxylation sites is 1. The summed E-state index contributed by atoms with van der Waals surface area (Å²) in [6.45, 7) is 0.465. The van der Waals surface area contributed by atoms with Gasteiger partial charge in [-0.1, -0.05) is 18.2 Å². The number of alkyl halides is 3. The SMILES string of the molecule is N#Cc1cc(C(F)(F)F)ccc1NCC(=O)N1CCc2ccccc21. The summed E-state index contributed by atoms with van der Waals surface area (Å²) in [4.78, 5) is 14.0. The van der Waals surface area contributed by atoms with Crippen molar-refractivity contribution in [2.45, 2.75) is 12.6 Å². The highest BCUT2D eigenvalue weighted by Gasteiger charge is 2.31. The Bertz CT molecular complexity index is 855. The fraction of sp³-hybridized carbons (Fsp3) is 0.222. The van der Waals surface area contributed by atoms with Crippen LogP contribution in [0.2, 0.25) is 0 Å². The van der Waals surface area contributed by atoms with Crippen molar-refractivity contribution in [3.8, 4) is 6.07 Å². The highest BCUT2D eigenvalue weighted by Crippen LogP contribution is 2.32. The topological polar surface area (TPSA) is 56.1 Å². The maximum absolute atomic E-state index is 12.7. The summed E-state index contributed by atoms with van der Waals surface area (Å²) in [5, 5.41) is 11.8. The number of benzene rings is 2. The van der Waals surface area contributed by atoms with Crippen molar-refractivity contribution in [3.63, 3.8) is 0 Å². The third-order valence-corrected chi connectivity index (χ3v) is 4.09. The molecule has 0 unspecified atom stereocenters. The summed E-state index contributed by atoms with van der Waals surface area (Å²) in [5.74, 6) is -0.200. The highest BCUT2D eigenvalue weighted by atomic mass is 19.4. The van der Waals surface area contributed by atoms with Gasteiger partial charge in [0.05, 0.1) is 23.4 Å². The van der Waals surface area contributed by atoms with E-state index in [2.05, 4.69) is 5.32 Å². The summed E-state index contributed by atoms with van der Waals surface area (Å²) in [5.41, 5.74) is 1.10. The van der Waals surface area contributed by atoms with E-state index in [0.29, 0.717) is 6.54 Å². The molecule has 128 valence electrons. The average molecular weight is 345 g/mol. The van der Waals surface area contributed by atoms with Crippen molar-refractivity contribution >= 4 is 17.3 Å². The molecular formula is C18H14F3N3O. The van der Waals surface area contributed by atoms with E-state index in [0.717, 1.165) is 29.8 Å². The summed E-state index contributed by atoms with van der Waals surface area (Å²) >= 11 is 0. The van der Waals surface area contributed by atoms with Gasteiger partial charge >= 0.3 is 6.18 Å². The Morgan fingerprint density at radius 1 is 1.24 bits per heavy atom. The molecule has 0 bridgehead atoms. The molecule has 2 aromatic carbocycles. The fourth-order valence-corrected chi connectivity index (χ4v) is 2.83. The molecule has 7 heteroatoms.